The summed E-state index contributed by atoms with van der Waals surface area (Å²) < 4.78 is 2.37. The number of aromatic nitrogens is 2. The zero-order valence-corrected chi connectivity index (χ0v) is 14.6. The van der Waals surface area contributed by atoms with E-state index >= 15 is 0 Å². The molecular weight excluding hydrogens is 329 g/mol. The standard InChI is InChI=1S/C14H19Cl2N3OS/c1-8(2)13-9(14(16)19(3)18-13)6-17-7-10(20)11-4-5-12(15)21-11/h4-5,8,10,17,20H,6-7H2,1-3H3. The lowest BCUT2D eigenvalue weighted by molar-refractivity contribution is 0.178. The summed E-state index contributed by atoms with van der Waals surface area (Å²) in [7, 11) is 1.83. The fourth-order valence-corrected chi connectivity index (χ4v) is 3.38. The van der Waals surface area contributed by atoms with Crippen LogP contribution in [0.4, 0.5) is 0 Å². The number of hydrogen-bond acceptors (Lipinski definition) is 4. The topological polar surface area (TPSA) is 50.1 Å². The number of rotatable bonds is 6. The molecule has 0 aliphatic rings. The number of halogens is 2. The Bertz CT molecular complexity index is 609. The SMILES string of the molecule is CC(C)c1nn(C)c(Cl)c1CNCC(O)c1ccc(Cl)s1. The summed E-state index contributed by atoms with van der Waals surface area (Å²) in [5.74, 6) is 0.307. The van der Waals surface area contributed by atoms with E-state index in [1.54, 1.807) is 10.7 Å². The number of aliphatic hydroxyl groups is 1. The van der Waals surface area contributed by atoms with Gasteiger partial charge in [-0.1, -0.05) is 37.0 Å². The van der Waals surface area contributed by atoms with Crippen LogP contribution in [0.15, 0.2) is 12.1 Å². The molecule has 21 heavy (non-hydrogen) atoms. The van der Waals surface area contributed by atoms with Crippen LogP contribution in [0, 0.1) is 0 Å². The van der Waals surface area contributed by atoms with Gasteiger partial charge in [0, 0.05) is 30.6 Å². The largest absolute Gasteiger partial charge is 0.386 e. The zero-order valence-electron chi connectivity index (χ0n) is 12.2. The van der Waals surface area contributed by atoms with E-state index in [1.165, 1.54) is 11.3 Å². The summed E-state index contributed by atoms with van der Waals surface area (Å²) in [4.78, 5) is 0.855. The van der Waals surface area contributed by atoms with Crippen molar-refractivity contribution in [3.63, 3.8) is 0 Å². The van der Waals surface area contributed by atoms with Crippen molar-refractivity contribution in [1.82, 2.24) is 15.1 Å². The predicted molar refractivity (Wildman–Crippen MR) is 88.3 cm³/mol. The Morgan fingerprint density at radius 2 is 2.10 bits per heavy atom. The molecule has 0 aromatic carbocycles. The first-order valence-electron chi connectivity index (χ1n) is 6.75. The Morgan fingerprint density at radius 1 is 1.38 bits per heavy atom. The zero-order chi connectivity index (χ0) is 15.6. The molecule has 0 bridgehead atoms. The molecule has 2 aromatic heterocycles. The molecule has 4 nitrogen and oxygen atoms in total. The van der Waals surface area contributed by atoms with Crippen molar-refractivity contribution in [2.24, 2.45) is 7.05 Å². The van der Waals surface area contributed by atoms with Gasteiger partial charge in [0.15, 0.2) is 0 Å². The highest BCUT2D eigenvalue weighted by Crippen LogP contribution is 2.27. The second kappa shape index (κ2) is 7.11. The maximum absolute atomic E-state index is 10.1. The van der Waals surface area contributed by atoms with Crippen molar-refractivity contribution in [2.75, 3.05) is 6.54 Å². The minimum Gasteiger partial charge on any atom is -0.386 e. The van der Waals surface area contributed by atoms with E-state index in [0.717, 1.165) is 16.1 Å². The molecule has 7 heteroatoms. The molecule has 0 saturated heterocycles. The number of aliphatic hydroxyl groups excluding tert-OH is 1. The van der Waals surface area contributed by atoms with Gasteiger partial charge in [-0.15, -0.1) is 11.3 Å². The van der Waals surface area contributed by atoms with Crippen molar-refractivity contribution < 1.29 is 5.11 Å². The molecule has 2 heterocycles. The average molecular weight is 348 g/mol. The summed E-state index contributed by atoms with van der Waals surface area (Å²) in [6.45, 7) is 5.20. The van der Waals surface area contributed by atoms with Gasteiger partial charge >= 0.3 is 0 Å². The first-order chi connectivity index (χ1) is 9.90. The summed E-state index contributed by atoms with van der Waals surface area (Å²) in [5.41, 5.74) is 1.98. The van der Waals surface area contributed by atoms with Crippen LogP contribution in [0.3, 0.4) is 0 Å². The third-order valence-corrected chi connectivity index (χ3v) is 5.01. The molecule has 2 aromatic rings. The van der Waals surface area contributed by atoms with Crippen LogP contribution < -0.4 is 5.32 Å². The molecule has 0 radical (unpaired) electrons. The van der Waals surface area contributed by atoms with E-state index < -0.39 is 6.10 Å². The maximum atomic E-state index is 10.1. The van der Waals surface area contributed by atoms with E-state index in [9.17, 15) is 5.11 Å². The van der Waals surface area contributed by atoms with E-state index in [2.05, 4.69) is 24.3 Å². The summed E-state index contributed by atoms with van der Waals surface area (Å²) in [6, 6.07) is 3.63. The van der Waals surface area contributed by atoms with Gasteiger partial charge in [0.1, 0.15) is 11.3 Å². The summed E-state index contributed by atoms with van der Waals surface area (Å²) in [6.07, 6.45) is -0.569. The lowest BCUT2D eigenvalue weighted by atomic mass is 10.1. The molecule has 0 amide bonds. The molecule has 2 rings (SSSR count). The van der Waals surface area contributed by atoms with Crippen LogP contribution in [0.25, 0.3) is 0 Å². The number of thiophene rings is 1. The van der Waals surface area contributed by atoms with Crippen LogP contribution in [0.2, 0.25) is 9.49 Å². The number of aryl methyl sites for hydroxylation is 1. The van der Waals surface area contributed by atoms with Crippen molar-refractivity contribution in [3.05, 3.63) is 37.8 Å². The monoisotopic (exact) mass is 347 g/mol. The first kappa shape index (κ1) is 16.8. The summed E-state index contributed by atoms with van der Waals surface area (Å²) >= 11 is 13.5. The molecule has 1 unspecified atom stereocenters. The highest BCUT2D eigenvalue weighted by molar-refractivity contribution is 7.16. The van der Waals surface area contributed by atoms with E-state index in [0.29, 0.717) is 28.5 Å². The van der Waals surface area contributed by atoms with Crippen LogP contribution in [0.1, 0.15) is 42.0 Å². The molecule has 1 atom stereocenters. The third kappa shape index (κ3) is 3.99. The van der Waals surface area contributed by atoms with Crippen molar-refractivity contribution in [1.29, 1.82) is 0 Å². The van der Waals surface area contributed by atoms with Gasteiger partial charge < -0.3 is 10.4 Å². The van der Waals surface area contributed by atoms with Crippen LogP contribution in [-0.2, 0) is 13.6 Å². The summed E-state index contributed by atoms with van der Waals surface area (Å²) in [5, 5.41) is 18.4. The quantitative estimate of drug-likeness (QED) is 0.836. The van der Waals surface area contributed by atoms with Crippen molar-refractivity contribution in [2.45, 2.75) is 32.4 Å². The van der Waals surface area contributed by atoms with Gasteiger partial charge in [0.2, 0.25) is 0 Å². The van der Waals surface area contributed by atoms with E-state index in [1.807, 2.05) is 13.1 Å². The van der Waals surface area contributed by atoms with Crippen LogP contribution in [-0.4, -0.2) is 21.4 Å². The van der Waals surface area contributed by atoms with Gasteiger partial charge in [0.25, 0.3) is 0 Å². The van der Waals surface area contributed by atoms with Crippen LogP contribution in [0.5, 0.6) is 0 Å². The first-order valence-corrected chi connectivity index (χ1v) is 8.32. The Morgan fingerprint density at radius 3 is 2.67 bits per heavy atom. The third-order valence-electron chi connectivity index (χ3n) is 3.21. The molecule has 0 fully saturated rings. The lowest BCUT2D eigenvalue weighted by Gasteiger charge is -2.11. The van der Waals surface area contributed by atoms with Gasteiger partial charge in [0.05, 0.1) is 10.0 Å². The molecule has 0 saturated carbocycles. The lowest BCUT2D eigenvalue weighted by Crippen LogP contribution is -2.21. The van der Waals surface area contributed by atoms with Gasteiger partial charge in [-0.3, -0.25) is 4.68 Å². The Kier molecular flexibility index (Phi) is 5.68. The molecule has 0 aliphatic carbocycles. The average Bonchev–Trinajstić information content (AvgIpc) is 2.97. The van der Waals surface area contributed by atoms with Crippen LogP contribution >= 0.6 is 34.5 Å². The molecule has 0 spiro atoms. The van der Waals surface area contributed by atoms with Gasteiger partial charge in [-0.25, -0.2) is 0 Å². The van der Waals surface area contributed by atoms with E-state index in [-0.39, 0.29) is 0 Å². The Hall–Kier alpha value is -0.590. The minimum absolute atomic E-state index is 0.307. The molecule has 2 N–H and O–H groups in total. The molecule has 116 valence electrons. The Labute approximate surface area is 138 Å². The second-order valence-electron chi connectivity index (χ2n) is 5.22. The highest BCUT2D eigenvalue weighted by Gasteiger charge is 2.17. The normalized spacial score (nSPS) is 13.1. The molecule has 0 aliphatic heterocycles. The maximum Gasteiger partial charge on any atom is 0.131 e. The highest BCUT2D eigenvalue weighted by atomic mass is 35.5. The number of hydrogen-bond donors (Lipinski definition) is 2. The fourth-order valence-electron chi connectivity index (χ4n) is 2.14. The number of nitrogens with zero attached hydrogens (tertiary/aromatic N) is 2. The second-order valence-corrected chi connectivity index (χ2v) is 7.33. The predicted octanol–water partition coefficient (Wildman–Crippen LogP) is 3.74. The van der Waals surface area contributed by atoms with Crippen molar-refractivity contribution in [3.8, 4) is 0 Å². The number of nitrogens with one attached hydrogen (secondary N) is 1. The fraction of sp³-hybridized carbons (Fsp3) is 0.500. The Balaban J connectivity index is 1.97. The van der Waals surface area contributed by atoms with Gasteiger partial charge in [-0.05, 0) is 18.1 Å². The minimum atomic E-state index is -0.569. The van der Waals surface area contributed by atoms with Crippen molar-refractivity contribution >= 4 is 34.5 Å². The molecular formula is C14H19Cl2N3OS. The smallest absolute Gasteiger partial charge is 0.131 e. The van der Waals surface area contributed by atoms with E-state index in [4.69, 9.17) is 23.2 Å². The van der Waals surface area contributed by atoms with Gasteiger partial charge in [-0.2, -0.15) is 5.10 Å².